The second kappa shape index (κ2) is 7.60. The first-order chi connectivity index (χ1) is 12.4. The molecule has 1 aliphatic heterocycles. The molecule has 0 saturated carbocycles. The molecular formula is C16H23N5O4S. The lowest BCUT2D eigenvalue weighted by Gasteiger charge is -2.35. The Morgan fingerprint density at radius 1 is 1.50 bits per heavy atom. The van der Waals surface area contributed by atoms with Gasteiger partial charge in [0.15, 0.2) is 0 Å². The summed E-state index contributed by atoms with van der Waals surface area (Å²) in [5.74, 6) is 0.0797. The van der Waals surface area contributed by atoms with Crippen LogP contribution in [0.25, 0.3) is 0 Å². The van der Waals surface area contributed by atoms with E-state index < -0.39 is 28.2 Å². The van der Waals surface area contributed by atoms with E-state index in [0.717, 1.165) is 23.7 Å². The van der Waals surface area contributed by atoms with Crippen molar-refractivity contribution in [3.05, 3.63) is 36.5 Å². The Balaban J connectivity index is 1.73. The van der Waals surface area contributed by atoms with Gasteiger partial charge in [0.2, 0.25) is 5.91 Å². The van der Waals surface area contributed by atoms with E-state index in [1.165, 1.54) is 13.3 Å². The van der Waals surface area contributed by atoms with Gasteiger partial charge in [-0.05, 0) is 25.0 Å². The molecule has 2 N–H and O–H groups in total. The van der Waals surface area contributed by atoms with E-state index >= 15 is 0 Å². The third-order valence-electron chi connectivity index (χ3n) is 4.40. The molecule has 142 valence electrons. The lowest BCUT2D eigenvalue weighted by atomic mass is 10.0. The van der Waals surface area contributed by atoms with Crippen LogP contribution < -0.4 is 10.0 Å². The Labute approximate surface area is 152 Å². The minimum atomic E-state index is -3.79. The van der Waals surface area contributed by atoms with Crippen LogP contribution in [0, 0.1) is 0 Å². The SMILES string of the molecule is CCCCn1cc(NC(=O)[C@@H]2C[C@H](c3ccco3)NS(=O)(=O)N2C)cn1. The fourth-order valence-electron chi connectivity index (χ4n) is 2.88. The molecule has 3 rings (SSSR count). The fraction of sp³-hybridized carbons (Fsp3) is 0.500. The van der Waals surface area contributed by atoms with Gasteiger partial charge in [0.1, 0.15) is 11.8 Å². The quantitative estimate of drug-likeness (QED) is 0.788. The van der Waals surface area contributed by atoms with E-state index in [0.29, 0.717) is 11.4 Å². The lowest BCUT2D eigenvalue weighted by Crippen LogP contribution is -2.55. The highest BCUT2D eigenvalue weighted by atomic mass is 32.2. The van der Waals surface area contributed by atoms with Crippen LogP contribution in [-0.2, 0) is 21.5 Å². The van der Waals surface area contributed by atoms with Crippen LogP contribution in [-0.4, -0.2) is 41.5 Å². The summed E-state index contributed by atoms with van der Waals surface area (Å²) >= 11 is 0. The summed E-state index contributed by atoms with van der Waals surface area (Å²) in [5.41, 5.74) is 0.546. The number of unbranched alkanes of at least 4 members (excludes halogenated alkanes) is 1. The molecule has 9 nitrogen and oxygen atoms in total. The average Bonchev–Trinajstić information content (AvgIpc) is 3.27. The van der Waals surface area contributed by atoms with E-state index in [-0.39, 0.29) is 6.42 Å². The summed E-state index contributed by atoms with van der Waals surface area (Å²) in [6.07, 6.45) is 7.09. The van der Waals surface area contributed by atoms with Gasteiger partial charge in [-0.15, -0.1) is 0 Å². The van der Waals surface area contributed by atoms with E-state index in [1.54, 1.807) is 29.2 Å². The number of likely N-dealkylation sites (N-methyl/N-ethyl adjacent to an activating group) is 1. The van der Waals surface area contributed by atoms with Crippen LogP contribution in [0.4, 0.5) is 5.69 Å². The number of hydrogen-bond donors (Lipinski definition) is 2. The van der Waals surface area contributed by atoms with E-state index in [1.807, 2.05) is 0 Å². The summed E-state index contributed by atoms with van der Waals surface area (Å²) in [5, 5.41) is 6.95. The number of carbonyl (C=O) groups is 1. The number of amides is 1. The zero-order valence-corrected chi connectivity index (χ0v) is 15.6. The minimum Gasteiger partial charge on any atom is -0.468 e. The summed E-state index contributed by atoms with van der Waals surface area (Å²) in [6.45, 7) is 2.86. The number of nitrogens with one attached hydrogen (secondary N) is 2. The molecule has 1 aliphatic rings. The summed E-state index contributed by atoms with van der Waals surface area (Å²) in [6, 6.07) is 1.93. The van der Waals surface area contributed by atoms with Crippen LogP contribution in [0.15, 0.2) is 35.2 Å². The molecule has 0 aliphatic carbocycles. The highest BCUT2D eigenvalue weighted by Gasteiger charge is 2.41. The lowest BCUT2D eigenvalue weighted by molar-refractivity contribution is -0.120. The van der Waals surface area contributed by atoms with Gasteiger partial charge < -0.3 is 9.73 Å². The number of nitrogens with zero attached hydrogens (tertiary/aromatic N) is 3. The zero-order chi connectivity index (χ0) is 18.7. The molecule has 0 radical (unpaired) electrons. The van der Waals surface area contributed by atoms with Crippen molar-refractivity contribution in [1.82, 2.24) is 18.8 Å². The van der Waals surface area contributed by atoms with Gasteiger partial charge in [-0.2, -0.15) is 22.5 Å². The normalized spacial score (nSPS) is 23.0. The number of anilines is 1. The summed E-state index contributed by atoms with van der Waals surface area (Å²) in [4.78, 5) is 12.7. The van der Waals surface area contributed by atoms with Crippen LogP contribution in [0.1, 0.15) is 38.0 Å². The number of rotatable bonds is 6. The number of carbonyl (C=O) groups excluding carboxylic acids is 1. The Morgan fingerprint density at radius 2 is 2.31 bits per heavy atom. The maximum atomic E-state index is 12.7. The van der Waals surface area contributed by atoms with Gasteiger partial charge in [0.05, 0.1) is 24.2 Å². The molecule has 1 fully saturated rings. The van der Waals surface area contributed by atoms with Crippen LogP contribution in [0.2, 0.25) is 0 Å². The maximum absolute atomic E-state index is 12.7. The van der Waals surface area contributed by atoms with Crippen molar-refractivity contribution in [3.63, 3.8) is 0 Å². The van der Waals surface area contributed by atoms with Gasteiger partial charge in [0, 0.05) is 19.8 Å². The second-order valence-electron chi connectivity index (χ2n) is 6.29. The monoisotopic (exact) mass is 381 g/mol. The molecule has 3 heterocycles. The number of aromatic nitrogens is 2. The van der Waals surface area contributed by atoms with Crippen LogP contribution >= 0.6 is 0 Å². The van der Waals surface area contributed by atoms with E-state index in [2.05, 4.69) is 22.1 Å². The highest BCUT2D eigenvalue weighted by molar-refractivity contribution is 7.87. The number of hydrogen-bond acceptors (Lipinski definition) is 5. The van der Waals surface area contributed by atoms with Gasteiger partial charge >= 0.3 is 0 Å². The molecule has 0 bridgehead atoms. The molecule has 0 aromatic carbocycles. The highest BCUT2D eigenvalue weighted by Crippen LogP contribution is 2.28. The molecule has 1 saturated heterocycles. The van der Waals surface area contributed by atoms with Crippen molar-refractivity contribution in [1.29, 1.82) is 0 Å². The van der Waals surface area contributed by atoms with Crippen LogP contribution in [0.5, 0.6) is 0 Å². The van der Waals surface area contributed by atoms with Gasteiger partial charge in [-0.1, -0.05) is 13.3 Å². The topological polar surface area (TPSA) is 109 Å². The zero-order valence-electron chi connectivity index (χ0n) is 14.8. The molecular weight excluding hydrogens is 358 g/mol. The maximum Gasteiger partial charge on any atom is 0.280 e. The van der Waals surface area contributed by atoms with Gasteiger partial charge in [-0.3, -0.25) is 9.48 Å². The van der Waals surface area contributed by atoms with Crippen molar-refractivity contribution >= 4 is 21.8 Å². The predicted octanol–water partition coefficient (Wildman–Crippen LogP) is 1.49. The van der Waals surface area contributed by atoms with Crippen molar-refractivity contribution in [2.24, 2.45) is 0 Å². The van der Waals surface area contributed by atoms with Gasteiger partial charge in [-0.25, -0.2) is 0 Å². The van der Waals surface area contributed by atoms with Crippen molar-refractivity contribution in [2.75, 3.05) is 12.4 Å². The first kappa shape index (κ1) is 18.6. The van der Waals surface area contributed by atoms with Crippen molar-refractivity contribution in [3.8, 4) is 0 Å². The fourth-order valence-corrected chi connectivity index (χ4v) is 4.14. The molecule has 1 amide bonds. The van der Waals surface area contributed by atoms with E-state index in [4.69, 9.17) is 4.42 Å². The Morgan fingerprint density at radius 3 is 3.00 bits per heavy atom. The first-order valence-corrected chi connectivity index (χ1v) is 9.96. The second-order valence-corrected chi connectivity index (χ2v) is 8.06. The first-order valence-electron chi connectivity index (χ1n) is 8.52. The van der Waals surface area contributed by atoms with E-state index in [9.17, 15) is 13.2 Å². The predicted molar refractivity (Wildman–Crippen MR) is 95.4 cm³/mol. The Kier molecular flexibility index (Phi) is 5.44. The average molecular weight is 381 g/mol. The molecule has 26 heavy (non-hydrogen) atoms. The standard InChI is InChI=1S/C16H23N5O4S/c1-3-4-7-21-11-12(10-17-21)18-16(22)14-9-13(15-6-5-8-25-15)19-26(23,24)20(14)2/h5-6,8,10-11,13-14,19H,3-4,7,9H2,1-2H3,(H,18,22)/t13-,14+/m1/s1. The third-order valence-corrected chi connectivity index (χ3v) is 5.99. The van der Waals surface area contributed by atoms with Crippen molar-refractivity contribution in [2.45, 2.75) is 44.8 Å². The van der Waals surface area contributed by atoms with Crippen molar-refractivity contribution < 1.29 is 17.6 Å². The number of aryl methyl sites for hydroxylation is 1. The molecule has 2 aromatic heterocycles. The molecule has 0 unspecified atom stereocenters. The number of furan rings is 1. The molecule has 10 heteroatoms. The third kappa shape index (κ3) is 3.97. The smallest absolute Gasteiger partial charge is 0.280 e. The van der Waals surface area contributed by atoms with Gasteiger partial charge in [0.25, 0.3) is 10.2 Å². The largest absolute Gasteiger partial charge is 0.468 e. The summed E-state index contributed by atoms with van der Waals surface area (Å²) < 4.78 is 35.3. The van der Waals surface area contributed by atoms with Crippen LogP contribution in [0.3, 0.4) is 0 Å². The Bertz CT molecular complexity index is 846. The summed E-state index contributed by atoms with van der Waals surface area (Å²) in [7, 11) is -2.40. The minimum absolute atomic E-state index is 0.263. The molecule has 2 atom stereocenters. The molecule has 2 aromatic rings. The molecule has 0 spiro atoms. The Hall–Kier alpha value is -2.17.